The van der Waals surface area contributed by atoms with Crippen LogP contribution in [0.3, 0.4) is 0 Å². The number of piperidine rings is 3. The highest BCUT2D eigenvalue weighted by Crippen LogP contribution is 2.37. The lowest BCUT2D eigenvalue weighted by molar-refractivity contribution is 0.279. The van der Waals surface area contributed by atoms with Crippen molar-refractivity contribution in [2.75, 3.05) is 54.0 Å². The SMILES string of the molecule is CC1(C)CCN(c2cnc3c(-c4ccc(Cl)cc4F)[nH]nc3n2)CC1.CC1(C)CCN(c2cnc3c(-c4cccc(Cl)c4F)[nH]nc3n2)CC1.CC1(C)CCN(c2cnc3c(-c4ccccc4F)[nH]nc3n2)CC1. The highest BCUT2D eigenvalue weighted by atomic mass is 35.5. The lowest BCUT2D eigenvalue weighted by Crippen LogP contribution is -2.37. The van der Waals surface area contributed by atoms with Crippen molar-refractivity contribution in [1.82, 2.24) is 60.5 Å². The minimum atomic E-state index is -0.487. The summed E-state index contributed by atoms with van der Waals surface area (Å²) in [6.45, 7) is 19.5. The molecule has 9 heterocycles. The first kappa shape index (κ1) is 50.6. The molecule has 0 bridgehead atoms. The Hall–Kier alpha value is -6.92. The Morgan fingerprint density at radius 1 is 0.459 bits per heavy atom. The number of nitrogens with one attached hydrogen (secondary N) is 3. The van der Waals surface area contributed by atoms with Gasteiger partial charge in [0.2, 0.25) is 16.9 Å². The number of nitrogens with zero attached hydrogens (tertiary/aromatic N) is 12. The van der Waals surface area contributed by atoms with E-state index in [-0.39, 0.29) is 10.8 Å². The van der Waals surface area contributed by atoms with E-state index in [0.29, 0.717) is 88.5 Å². The molecule has 3 aliphatic rings. The number of fused-ring (bicyclic) bond motifs is 3. The minimum absolute atomic E-state index is 0.0701. The zero-order valence-corrected chi connectivity index (χ0v) is 43.8. The van der Waals surface area contributed by atoms with E-state index in [9.17, 15) is 13.2 Å². The van der Waals surface area contributed by atoms with Crippen molar-refractivity contribution in [2.24, 2.45) is 16.2 Å². The monoisotopic (exact) mass is 1040 g/mol. The lowest BCUT2D eigenvalue weighted by atomic mass is 9.83. The van der Waals surface area contributed by atoms with Crippen LogP contribution in [0.1, 0.15) is 80.1 Å². The molecule has 12 rings (SSSR count). The molecule has 3 saturated heterocycles. The molecule has 0 radical (unpaired) electrons. The molecule has 20 heteroatoms. The van der Waals surface area contributed by atoms with E-state index >= 15 is 0 Å². The molecule has 384 valence electrons. The third kappa shape index (κ3) is 10.8. The molecule has 3 aliphatic heterocycles. The fraction of sp³-hybridized carbons (Fsp3) is 0.389. The van der Waals surface area contributed by atoms with E-state index in [1.165, 1.54) is 18.2 Å². The van der Waals surface area contributed by atoms with Crippen LogP contribution in [0.5, 0.6) is 0 Å². The number of halogens is 5. The van der Waals surface area contributed by atoms with Gasteiger partial charge in [0.1, 0.15) is 45.6 Å². The maximum Gasteiger partial charge on any atom is 0.202 e. The van der Waals surface area contributed by atoms with E-state index in [0.717, 1.165) is 95.2 Å². The van der Waals surface area contributed by atoms with Crippen molar-refractivity contribution < 1.29 is 13.2 Å². The zero-order chi connectivity index (χ0) is 51.9. The predicted octanol–water partition coefficient (Wildman–Crippen LogP) is 12.7. The molecular formula is C54H58Cl2F3N15. The van der Waals surface area contributed by atoms with Crippen molar-refractivity contribution in [3.05, 3.63) is 107 Å². The van der Waals surface area contributed by atoms with Crippen molar-refractivity contribution >= 4 is 74.1 Å². The predicted molar refractivity (Wildman–Crippen MR) is 287 cm³/mol. The maximum atomic E-state index is 14.3. The van der Waals surface area contributed by atoms with Gasteiger partial charge in [-0.25, -0.2) is 43.1 Å². The van der Waals surface area contributed by atoms with Crippen LogP contribution in [0.15, 0.2) is 79.3 Å². The summed E-state index contributed by atoms with van der Waals surface area (Å²) in [5, 5.41) is 21.7. The van der Waals surface area contributed by atoms with Crippen LogP contribution in [-0.4, -0.2) is 99.8 Å². The largest absolute Gasteiger partial charge is 0.355 e. The number of aromatic amines is 3. The van der Waals surface area contributed by atoms with Gasteiger partial charge in [-0.2, -0.15) is 15.3 Å². The molecule has 9 aromatic rings. The molecule has 15 nitrogen and oxygen atoms in total. The van der Waals surface area contributed by atoms with Crippen molar-refractivity contribution in [3.8, 4) is 33.8 Å². The standard InChI is InChI=1S/2C18H19ClFN5.C18H20FN5/c1-18(2)5-7-25(8-6-18)14-10-21-16-15(23-24-17(16)22-14)12-4-3-11(19)9-13(12)20;1-18(2)6-8-25(9-7-18)13-10-21-16-15(23-24-17(16)22-13)11-4-3-5-12(19)14(11)20;1-18(2)7-9-24(10-8-18)14-11-20-16-15(22-23-17(16)21-14)12-5-3-4-6-13(12)19/h3-4,9-10H,5-8H2,1-2H3,(H,22,23,24);3-5,10H,6-9H2,1-2H3,(H,22,23,24);3-6,11H,7-10H2,1-2H3,(H,21,22,23). The van der Waals surface area contributed by atoms with Gasteiger partial charge in [0, 0.05) is 61.0 Å². The molecule has 0 aliphatic carbocycles. The summed E-state index contributed by atoms with van der Waals surface area (Å²) < 4.78 is 42.5. The van der Waals surface area contributed by atoms with Crippen LogP contribution in [-0.2, 0) is 0 Å². The van der Waals surface area contributed by atoms with Gasteiger partial charge in [0.15, 0.2) is 5.82 Å². The summed E-state index contributed by atoms with van der Waals surface area (Å²) in [4.78, 5) is 34.0. The fourth-order valence-corrected chi connectivity index (χ4v) is 9.79. The number of H-pyrrole nitrogens is 3. The Bertz CT molecular complexity index is 3450. The molecule has 0 amide bonds. The van der Waals surface area contributed by atoms with Gasteiger partial charge in [-0.1, -0.05) is 82.9 Å². The molecule has 0 unspecified atom stereocenters. The van der Waals surface area contributed by atoms with Crippen LogP contribution in [0.2, 0.25) is 10.0 Å². The Kier molecular flexibility index (Phi) is 14.0. The average molecular weight is 1050 g/mol. The van der Waals surface area contributed by atoms with Gasteiger partial charge >= 0.3 is 0 Å². The smallest absolute Gasteiger partial charge is 0.202 e. The van der Waals surface area contributed by atoms with Crippen LogP contribution >= 0.6 is 23.2 Å². The highest BCUT2D eigenvalue weighted by Gasteiger charge is 2.30. The van der Waals surface area contributed by atoms with Crippen LogP contribution in [0.25, 0.3) is 67.3 Å². The summed E-state index contributed by atoms with van der Waals surface area (Å²) in [6, 6.07) is 16.0. The Balaban J connectivity index is 0.000000127. The molecule has 0 saturated carbocycles. The summed E-state index contributed by atoms with van der Waals surface area (Å²) in [6.07, 6.45) is 12.0. The van der Waals surface area contributed by atoms with Gasteiger partial charge in [0.05, 0.1) is 40.7 Å². The third-order valence-electron chi connectivity index (χ3n) is 14.6. The number of hydrogen-bond donors (Lipinski definition) is 3. The van der Waals surface area contributed by atoms with Crippen molar-refractivity contribution in [1.29, 1.82) is 0 Å². The van der Waals surface area contributed by atoms with Gasteiger partial charge in [0.25, 0.3) is 0 Å². The van der Waals surface area contributed by atoms with Crippen LogP contribution < -0.4 is 14.7 Å². The van der Waals surface area contributed by atoms with Gasteiger partial charge < -0.3 is 14.7 Å². The second-order valence-electron chi connectivity index (χ2n) is 21.7. The average Bonchev–Trinajstić information content (AvgIpc) is 4.12. The van der Waals surface area contributed by atoms with Crippen LogP contribution in [0.4, 0.5) is 30.6 Å². The number of hydrogen-bond acceptors (Lipinski definition) is 12. The third-order valence-corrected chi connectivity index (χ3v) is 15.2. The molecule has 74 heavy (non-hydrogen) atoms. The molecule has 3 N–H and O–H groups in total. The first-order valence-corrected chi connectivity index (χ1v) is 25.7. The summed E-state index contributed by atoms with van der Waals surface area (Å²) in [5.41, 5.74) is 7.10. The normalized spacial score (nSPS) is 17.3. The molecular weight excluding hydrogens is 987 g/mol. The van der Waals surface area contributed by atoms with E-state index in [1.54, 1.807) is 61.1 Å². The topological polar surface area (TPSA) is 173 Å². The molecule has 6 aromatic heterocycles. The quantitative estimate of drug-likeness (QED) is 0.144. The summed E-state index contributed by atoms with van der Waals surface area (Å²) in [7, 11) is 0. The summed E-state index contributed by atoms with van der Waals surface area (Å²) >= 11 is 11.7. The van der Waals surface area contributed by atoms with E-state index in [4.69, 9.17) is 23.2 Å². The summed E-state index contributed by atoms with van der Waals surface area (Å²) in [5.74, 6) is 1.27. The molecule has 3 aromatic carbocycles. The van der Waals surface area contributed by atoms with E-state index in [2.05, 4.69) is 117 Å². The fourth-order valence-electron chi connectivity index (χ4n) is 9.46. The van der Waals surface area contributed by atoms with Gasteiger partial charge in [-0.3, -0.25) is 15.3 Å². The van der Waals surface area contributed by atoms with Crippen molar-refractivity contribution in [2.45, 2.75) is 80.1 Å². The Labute approximate surface area is 436 Å². The van der Waals surface area contributed by atoms with Crippen LogP contribution in [0, 0.1) is 33.7 Å². The van der Waals surface area contributed by atoms with E-state index in [1.807, 2.05) is 0 Å². The van der Waals surface area contributed by atoms with E-state index < -0.39 is 11.6 Å². The van der Waals surface area contributed by atoms with Crippen molar-refractivity contribution in [3.63, 3.8) is 0 Å². The first-order valence-electron chi connectivity index (χ1n) is 24.9. The second kappa shape index (κ2) is 20.4. The van der Waals surface area contributed by atoms with Gasteiger partial charge in [-0.05, 0) is 97.2 Å². The minimum Gasteiger partial charge on any atom is -0.355 e. The number of benzene rings is 3. The highest BCUT2D eigenvalue weighted by molar-refractivity contribution is 6.31. The Morgan fingerprint density at radius 3 is 1.24 bits per heavy atom. The molecule has 3 fully saturated rings. The van der Waals surface area contributed by atoms with Gasteiger partial charge in [-0.15, -0.1) is 0 Å². The zero-order valence-electron chi connectivity index (χ0n) is 42.2. The first-order chi connectivity index (χ1) is 35.4. The lowest BCUT2D eigenvalue weighted by Gasteiger charge is -2.37. The molecule has 0 spiro atoms. The second-order valence-corrected chi connectivity index (χ2v) is 22.5. The number of anilines is 3. The molecule has 0 atom stereocenters. The number of rotatable bonds is 6. The Morgan fingerprint density at radius 2 is 0.838 bits per heavy atom. The number of aromatic nitrogens is 12. The maximum absolute atomic E-state index is 14.3.